The second-order valence-corrected chi connectivity index (χ2v) is 3.51. The Balaban J connectivity index is 2.43. The van der Waals surface area contributed by atoms with Gasteiger partial charge in [-0.25, -0.2) is 0 Å². The fourth-order valence-corrected chi connectivity index (χ4v) is 1.22. The highest BCUT2D eigenvalue weighted by atomic mass is 32.1. The minimum absolute atomic E-state index is 0.355. The zero-order valence-corrected chi connectivity index (χ0v) is 8.24. The van der Waals surface area contributed by atoms with E-state index in [1.807, 2.05) is 6.20 Å². The van der Waals surface area contributed by atoms with Crippen LogP contribution in [0.2, 0.25) is 0 Å². The molecule has 1 unspecified atom stereocenters. The first-order valence-corrected chi connectivity index (χ1v) is 4.46. The first kappa shape index (κ1) is 9.26. The highest BCUT2D eigenvalue weighted by Crippen LogP contribution is 2.01. The summed E-state index contributed by atoms with van der Waals surface area (Å²) in [7, 11) is 0. The van der Waals surface area contributed by atoms with Gasteiger partial charge in [-0.2, -0.15) is 0 Å². The molecule has 0 saturated heterocycles. The molecule has 2 nitrogen and oxygen atoms in total. The molecule has 0 amide bonds. The molecule has 0 spiro atoms. The van der Waals surface area contributed by atoms with Gasteiger partial charge in [0.25, 0.3) is 0 Å². The molecular formula is C9H14N2S. The minimum Gasteiger partial charge on any atom is -0.356 e. The Morgan fingerprint density at radius 2 is 2.42 bits per heavy atom. The Bertz CT molecular complexity index is 227. The van der Waals surface area contributed by atoms with Gasteiger partial charge in [0.05, 0.1) is 6.04 Å². The molecule has 0 aromatic rings. The van der Waals surface area contributed by atoms with Crippen LogP contribution in [-0.4, -0.2) is 11.2 Å². The summed E-state index contributed by atoms with van der Waals surface area (Å²) in [5.41, 5.74) is 1.34. The molecule has 1 atom stereocenters. The summed E-state index contributed by atoms with van der Waals surface area (Å²) in [4.78, 5) is 0. The molecule has 0 aromatic carbocycles. The van der Waals surface area contributed by atoms with E-state index in [-0.39, 0.29) is 0 Å². The molecule has 0 bridgehead atoms. The Hall–Kier alpha value is -0.830. The maximum atomic E-state index is 4.97. The average molecular weight is 182 g/mol. The van der Waals surface area contributed by atoms with Crippen molar-refractivity contribution in [2.75, 3.05) is 0 Å². The van der Waals surface area contributed by atoms with Gasteiger partial charge in [0.1, 0.15) is 0 Å². The summed E-state index contributed by atoms with van der Waals surface area (Å²) < 4.78 is 0. The predicted molar refractivity (Wildman–Crippen MR) is 55.8 cm³/mol. The second kappa shape index (κ2) is 4.26. The molecule has 3 heteroatoms. The molecular weight excluding hydrogens is 168 g/mol. The lowest BCUT2D eigenvalue weighted by Gasteiger charge is -2.19. The van der Waals surface area contributed by atoms with Gasteiger partial charge in [-0.05, 0) is 38.6 Å². The van der Waals surface area contributed by atoms with Crippen molar-refractivity contribution in [2.45, 2.75) is 26.3 Å². The summed E-state index contributed by atoms with van der Waals surface area (Å²) in [5.74, 6) is 0. The maximum Gasteiger partial charge on any atom is 0.170 e. The van der Waals surface area contributed by atoms with Crippen LogP contribution in [0.3, 0.4) is 0 Å². The van der Waals surface area contributed by atoms with Crippen LogP contribution >= 0.6 is 12.2 Å². The van der Waals surface area contributed by atoms with Crippen LogP contribution in [0.5, 0.6) is 0 Å². The first-order chi connectivity index (χ1) is 5.68. The molecule has 12 heavy (non-hydrogen) atoms. The van der Waals surface area contributed by atoms with Crippen molar-refractivity contribution in [1.82, 2.24) is 10.6 Å². The molecule has 1 heterocycles. The van der Waals surface area contributed by atoms with Crippen LogP contribution in [0.25, 0.3) is 0 Å². The summed E-state index contributed by atoms with van der Waals surface area (Å²) in [5, 5.41) is 6.79. The topological polar surface area (TPSA) is 24.1 Å². The van der Waals surface area contributed by atoms with Crippen LogP contribution in [0.15, 0.2) is 23.9 Å². The van der Waals surface area contributed by atoms with E-state index >= 15 is 0 Å². The van der Waals surface area contributed by atoms with Gasteiger partial charge >= 0.3 is 0 Å². The van der Waals surface area contributed by atoms with Gasteiger partial charge in [0.15, 0.2) is 5.11 Å². The third-order valence-electron chi connectivity index (χ3n) is 1.64. The lowest BCUT2D eigenvalue weighted by Crippen LogP contribution is -2.42. The zero-order valence-electron chi connectivity index (χ0n) is 7.42. The van der Waals surface area contributed by atoms with E-state index in [0.29, 0.717) is 11.2 Å². The van der Waals surface area contributed by atoms with Crippen LogP contribution in [0, 0.1) is 0 Å². The quantitative estimate of drug-likeness (QED) is 0.502. The summed E-state index contributed by atoms with van der Waals surface area (Å²) in [6.07, 6.45) is 7.17. The summed E-state index contributed by atoms with van der Waals surface area (Å²) in [6.45, 7) is 4.20. The Labute approximate surface area is 78.7 Å². The van der Waals surface area contributed by atoms with Gasteiger partial charge < -0.3 is 10.6 Å². The SMILES string of the molecule is CC(C)=CCC1C=CNC(=S)N1. The Morgan fingerprint density at radius 1 is 1.67 bits per heavy atom. The number of allylic oxidation sites excluding steroid dienone is 1. The number of thiocarbonyl (C=S) groups is 1. The van der Waals surface area contributed by atoms with E-state index in [9.17, 15) is 0 Å². The fraction of sp³-hybridized carbons (Fsp3) is 0.444. The smallest absolute Gasteiger partial charge is 0.170 e. The average Bonchev–Trinajstić information content (AvgIpc) is 2.01. The van der Waals surface area contributed by atoms with E-state index in [1.54, 1.807) is 0 Å². The molecule has 1 aliphatic heterocycles. The van der Waals surface area contributed by atoms with E-state index < -0.39 is 0 Å². The summed E-state index contributed by atoms with van der Waals surface area (Å²) >= 11 is 4.97. The molecule has 0 radical (unpaired) electrons. The molecule has 0 aromatic heterocycles. The number of hydrogen-bond acceptors (Lipinski definition) is 1. The highest BCUT2D eigenvalue weighted by Gasteiger charge is 2.07. The van der Waals surface area contributed by atoms with Gasteiger partial charge in [-0.15, -0.1) is 0 Å². The van der Waals surface area contributed by atoms with Gasteiger partial charge in [-0.3, -0.25) is 0 Å². The third-order valence-corrected chi connectivity index (χ3v) is 1.88. The van der Waals surface area contributed by atoms with Crippen LogP contribution in [0.4, 0.5) is 0 Å². The number of rotatable bonds is 2. The summed E-state index contributed by atoms with van der Waals surface area (Å²) in [6, 6.07) is 0.355. The van der Waals surface area contributed by atoms with Crippen molar-refractivity contribution < 1.29 is 0 Å². The maximum absolute atomic E-state index is 4.97. The van der Waals surface area contributed by atoms with Crippen molar-refractivity contribution in [3.05, 3.63) is 23.9 Å². The molecule has 0 saturated carbocycles. The third kappa shape index (κ3) is 3.05. The molecule has 0 aliphatic carbocycles. The zero-order chi connectivity index (χ0) is 8.97. The molecule has 1 aliphatic rings. The monoisotopic (exact) mass is 182 g/mol. The highest BCUT2D eigenvalue weighted by molar-refractivity contribution is 7.80. The molecule has 0 fully saturated rings. The minimum atomic E-state index is 0.355. The Morgan fingerprint density at radius 3 is 3.00 bits per heavy atom. The van der Waals surface area contributed by atoms with E-state index in [2.05, 4.69) is 36.6 Å². The number of hydrogen-bond donors (Lipinski definition) is 2. The lowest BCUT2D eigenvalue weighted by atomic mass is 10.1. The van der Waals surface area contributed by atoms with Crippen molar-refractivity contribution in [1.29, 1.82) is 0 Å². The molecule has 1 rings (SSSR count). The van der Waals surface area contributed by atoms with Crippen LogP contribution < -0.4 is 10.6 Å². The van der Waals surface area contributed by atoms with E-state index in [4.69, 9.17) is 12.2 Å². The van der Waals surface area contributed by atoms with Gasteiger partial charge in [-0.1, -0.05) is 11.6 Å². The largest absolute Gasteiger partial charge is 0.356 e. The van der Waals surface area contributed by atoms with E-state index in [0.717, 1.165) is 6.42 Å². The molecule has 2 N–H and O–H groups in total. The predicted octanol–water partition coefficient (Wildman–Crippen LogP) is 1.70. The van der Waals surface area contributed by atoms with Crippen LogP contribution in [-0.2, 0) is 0 Å². The lowest BCUT2D eigenvalue weighted by molar-refractivity contribution is 0.712. The van der Waals surface area contributed by atoms with Crippen molar-refractivity contribution in [3.63, 3.8) is 0 Å². The van der Waals surface area contributed by atoms with Crippen molar-refractivity contribution >= 4 is 17.3 Å². The number of nitrogens with one attached hydrogen (secondary N) is 2. The Kier molecular flexibility index (Phi) is 3.29. The van der Waals surface area contributed by atoms with Crippen molar-refractivity contribution in [3.8, 4) is 0 Å². The van der Waals surface area contributed by atoms with Gasteiger partial charge in [0.2, 0.25) is 0 Å². The molecule has 66 valence electrons. The second-order valence-electron chi connectivity index (χ2n) is 3.10. The fourth-order valence-electron chi connectivity index (χ4n) is 0.998. The first-order valence-electron chi connectivity index (χ1n) is 4.05. The normalized spacial score (nSPS) is 21.2. The van der Waals surface area contributed by atoms with E-state index in [1.165, 1.54) is 5.57 Å². The van der Waals surface area contributed by atoms with Crippen LogP contribution in [0.1, 0.15) is 20.3 Å². The van der Waals surface area contributed by atoms with Gasteiger partial charge in [0, 0.05) is 6.20 Å². The standard InChI is InChI=1S/C9H14N2S/c1-7(2)3-4-8-5-6-10-9(12)11-8/h3,5-6,8H,4H2,1-2H3,(H2,10,11,12). The van der Waals surface area contributed by atoms with Crippen molar-refractivity contribution in [2.24, 2.45) is 0 Å².